The molecule has 1 unspecified atom stereocenters. The molecular weight excluding hydrogens is 218 g/mol. The fraction of sp³-hybridized carbons (Fsp3) is 0.647. The van der Waals surface area contributed by atoms with E-state index in [1.807, 2.05) is 0 Å². The van der Waals surface area contributed by atoms with E-state index in [4.69, 9.17) is 5.73 Å². The quantitative estimate of drug-likeness (QED) is 0.782. The van der Waals surface area contributed by atoms with Crippen LogP contribution in [0, 0.1) is 0 Å². The molecule has 100 valence electrons. The maximum atomic E-state index is 6.21. The summed E-state index contributed by atoms with van der Waals surface area (Å²) < 4.78 is 0. The van der Waals surface area contributed by atoms with E-state index in [-0.39, 0.29) is 6.04 Å². The predicted molar refractivity (Wildman–Crippen MR) is 78.7 cm³/mol. The first-order chi connectivity index (χ1) is 8.81. The van der Waals surface area contributed by atoms with Crippen molar-refractivity contribution in [1.29, 1.82) is 0 Å². The van der Waals surface area contributed by atoms with Gasteiger partial charge in [-0.2, -0.15) is 0 Å². The molecular formula is C17H27N. The summed E-state index contributed by atoms with van der Waals surface area (Å²) in [5.74, 6) is 0.805. The van der Waals surface area contributed by atoms with E-state index in [1.165, 1.54) is 56.1 Å². The molecule has 0 aliphatic heterocycles. The lowest BCUT2D eigenvalue weighted by Crippen LogP contribution is -2.10. The summed E-state index contributed by atoms with van der Waals surface area (Å²) in [6.45, 7) is 2.22. The zero-order valence-electron chi connectivity index (χ0n) is 11.7. The van der Waals surface area contributed by atoms with Gasteiger partial charge < -0.3 is 5.73 Å². The van der Waals surface area contributed by atoms with Gasteiger partial charge >= 0.3 is 0 Å². The molecule has 2 rings (SSSR count). The Balaban J connectivity index is 1.95. The van der Waals surface area contributed by atoms with Crippen LogP contribution in [0.4, 0.5) is 0 Å². The SMILES string of the molecule is CCCCC(N)c1ccc(C2CCCCC2)cc1. The Bertz CT molecular complexity index is 335. The number of benzene rings is 1. The molecule has 1 aliphatic carbocycles. The standard InChI is InChI=1S/C17H27N/c1-2-3-9-17(18)16-12-10-15(11-13-16)14-7-5-4-6-8-14/h10-14,17H,2-9,18H2,1H3. The normalized spacial score (nSPS) is 18.8. The number of hydrogen-bond acceptors (Lipinski definition) is 1. The lowest BCUT2D eigenvalue weighted by Gasteiger charge is -2.22. The van der Waals surface area contributed by atoms with Crippen LogP contribution in [0.3, 0.4) is 0 Å². The average molecular weight is 245 g/mol. The predicted octanol–water partition coefficient (Wildman–Crippen LogP) is 4.92. The first-order valence-corrected chi connectivity index (χ1v) is 7.66. The minimum Gasteiger partial charge on any atom is -0.324 e. The van der Waals surface area contributed by atoms with Gasteiger partial charge in [0.15, 0.2) is 0 Å². The molecule has 1 nitrogen and oxygen atoms in total. The van der Waals surface area contributed by atoms with Crippen molar-refractivity contribution in [3.8, 4) is 0 Å². The average Bonchev–Trinajstić information content (AvgIpc) is 2.46. The Morgan fingerprint density at radius 1 is 1.11 bits per heavy atom. The lowest BCUT2D eigenvalue weighted by atomic mass is 9.83. The van der Waals surface area contributed by atoms with E-state index in [0.717, 1.165) is 12.3 Å². The van der Waals surface area contributed by atoms with Crippen molar-refractivity contribution in [2.24, 2.45) is 5.73 Å². The van der Waals surface area contributed by atoms with Crippen LogP contribution in [-0.2, 0) is 0 Å². The van der Waals surface area contributed by atoms with Gasteiger partial charge in [-0.25, -0.2) is 0 Å². The van der Waals surface area contributed by atoms with Crippen LogP contribution in [0.1, 0.15) is 81.4 Å². The highest BCUT2D eigenvalue weighted by atomic mass is 14.6. The number of unbranched alkanes of at least 4 members (excludes halogenated alkanes) is 1. The molecule has 0 aromatic heterocycles. The first-order valence-electron chi connectivity index (χ1n) is 7.66. The van der Waals surface area contributed by atoms with Gasteiger partial charge in [0.05, 0.1) is 0 Å². The molecule has 0 bridgehead atoms. The summed E-state index contributed by atoms with van der Waals surface area (Å²) >= 11 is 0. The molecule has 0 spiro atoms. The molecule has 1 fully saturated rings. The summed E-state index contributed by atoms with van der Waals surface area (Å²) in [5.41, 5.74) is 9.05. The van der Waals surface area contributed by atoms with Crippen LogP contribution in [0.15, 0.2) is 24.3 Å². The van der Waals surface area contributed by atoms with E-state index < -0.39 is 0 Å². The van der Waals surface area contributed by atoms with Crippen molar-refractivity contribution in [2.45, 2.75) is 70.3 Å². The monoisotopic (exact) mass is 245 g/mol. The number of rotatable bonds is 5. The van der Waals surface area contributed by atoms with Crippen LogP contribution < -0.4 is 5.73 Å². The summed E-state index contributed by atoms with van der Waals surface area (Å²) in [4.78, 5) is 0. The number of hydrogen-bond donors (Lipinski definition) is 1. The molecule has 18 heavy (non-hydrogen) atoms. The van der Waals surface area contributed by atoms with Gasteiger partial charge in [-0.1, -0.05) is 63.3 Å². The van der Waals surface area contributed by atoms with Gasteiger partial charge in [-0.05, 0) is 36.3 Å². The summed E-state index contributed by atoms with van der Waals surface area (Å²) in [5, 5.41) is 0. The van der Waals surface area contributed by atoms with Crippen LogP contribution in [-0.4, -0.2) is 0 Å². The highest BCUT2D eigenvalue weighted by Gasteiger charge is 2.15. The molecule has 1 heteroatoms. The Kier molecular flexibility index (Phi) is 5.25. The van der Waals surface area contributed by atoms with Crippen molar-refractivity contribution in [1.82, 2.24) is 0 Å². The van der Waals surface area contributed by atoms with Crippen molar-refractivity contribution in [3.05, 3.63) is 35.4 Å². The van der Waals surface area contributed by atoms with Crippen LogP contribution in [0.5, 0.6) is 0 Å². The van der Waals surface area contributed by atoms with Gasteiger partial charge in [-0.3, -0.25) is 0 Å². The van der Waals surface area contributed by atoms with Gasteiger partial charge in [0, 0.05) is 6.04 Å². The molecule has 1 aliphatic rings. The lowest BCUT2D eigenvalue weighted by molar-refractivity contribution is 0.443. The third-order valence-electron chi connectivity index (χ3n) is 4.31. The molecule has 0 saturated heterocycles. The van der Waals surface area contributed by atoms with Crippen molar-refractivity contribution in [3.63, 3.8) is 0 Å². The minimum atomic E-state index is 0.227. The van der Waals surface area contributed by atoms with E-state index in [0.29, 0.717) is 0 Å². The molecule has 1 aromatic carbocycles. The largest absolute Gasteiger partial charge is 0.324 e. The summed E-state index contributed by atoms with van der Waals surface area (Å²) in [7, 11) is 0. The maximum absolute atomic E-state index is 6.21. The molecule has 1 saturated carbocycles. The second-order valence-electron chi connectivity index (χ2n) is 5.75. The van der Waals surface area contributed by atoms with Gasteiger partial charge in [0.1, 0.15) is 0 Å². The molecule has 0 radical (unpaired) electrons. The Labute approximate surface area is 112 Å². The second-order valence-corrected chi connectivity index (χ2v) is 5.75. The fourth-order valence-corrected chi connectivity index (χ4v) is 3.04. The van der Waals surface area contributed by atoms with Gasteiger partial charge in [0.25, 0.3) is 0 Å². The van der Waals surface area contributed by atoms with Crippen LogP contribution in [0.2, 0.25) is 0 Å². The summed E-state index contributed by atoms with van der Waals surface area (Å²) in [6, 6.07) is 9.37. The van der Waals surface area contributed by atoms with E-state index >= 15 is 0 Å². The fourth-order valence-electron chi connectivity index (χ4n) is 3.04. The summed E-state index contributed by atoms with van der Waals surface area (Å²) in [6.07, 6.45) is 10.6. The highest BCUT2D eigenvalue weighted by molar-refractivity contribution is 5.27. The molecule has 0 amide bonds. The second kappa shape index (κ2) is 6.94. The third-order valence-corrected chi connectivity index (χ3v) is 4.31. The van der Waals surface area contributed by atoms with Crippen molar-refractivity contribution in [2.75, 3.05) is 0 Å². The Morgan fingerprint density at radius 3 is 2.39 bits per heavy atom. The zero-order valence-corrected chi connectivity index (χ0v) is 11.7. The smallest absolute Gasteiger partial charge is 0.0294 e. The van der Waals surface area contributed by atoms with Crippen LogP contribution in [0.25, 0.3) is 0 Å². The first kappa shape index (κ1) is 13.6. The van der Waals surface area contributed by atoms with Crippen LogP contribution >= 0.6 is 0 Å². The molecule has 1 atom stereocenters. The zero-order chi connectivity index (χ0) is 12.8. The highest BCUT2D eigenvalue weighted by Crippen LogP contribution is 2.33. The Morgan fingerprint density at radius 2 is 1.78 bits per heavy atom. The van der Waals surface area contributed by atoms with E-state index in [1.54, 1.807) is 0 Å². The van der Waals surface area contributed by atoms with Gasteiger partial charge in [-0.15, -0.1) is 0 Å². The molecule has 2 N–H and O–H groups in total. The van der Waals surface area contributed by atoms with E-state index in [9.17, 15) is 0 Å². The van der Waals surface area contributed by atoms with Crippen molar-refractivity contribution >= 4 is 0 Å². The topological polar surface area (TPSA) is 26.0 Å². The van der Waals surface area contributed by atoms with Gasteiger partial charge in [0.2, 0.25) is 0 Å². The Hall–Kier alpha value is -0.820. The molecule has 0 heterocycles. The minimum absolute atomic E-state index is 0.227. The van der Waals surface area contributed by atoms with Crippen molar-refractivity contribution < 1.29 is 0 Å². The number of nitrogens with two attached hydrogens (primary N) is 1. The maximum Gasteiger partial charge on any atom is 0.0294 e. The van der Waals surface area contributed by atoms with E-state index in [2.05, 4.69) is 31.2 Å². The molecule has 1 aromatic rings. The third kappa shape index (κ3) is 3.58.